The van der Waals surface area contributed by atoms with Crippen LogP contribution in [0.25, 0.3) is 0 Å². The fourth-order valence-electron chi connectivity index (χ4n) is 2.71. The molecule has 0 aliphatic carbocycles. The van der Waals surface area contributed by atoms with Crippen LogP contribution in [0.4, 0.5) is 5.69 Å². The molecule has 0 bridgehead atoms. The number of nitrogens with zero attached hydrogens (tertiary/aromatic N) is 2. The number of hydrazone groups is 1. The third-order valence-electron chi connectivity index (χ3n) is 4.63. The van der Waals surface area contributed by atoms with Gasteiger partial charge in [0.15, 0.2) is 6.61 Å². The van der Waals surface area contributed by atoms with E-state index >= 15 is 0 Å². The van der Waals surface area contributed by atoms with Crippen molar-refractivity contribution in [1.29, 1.82) is 0 Å². The predicted octanol–water partition coefficient (Wildman–Crippen LogP) is 3.17. The van der Waals surface area contributed by atoms with Crippen LogP contribution in [-0.2, 0) is 14.8 Å². The number of benzene rings is 2. The van der Waals surface area contributed by atoms with Crippen molar-refractivity contribution in [2.45, 2.75) is 11.1 Å². The number of amides is 2. The molecule has 178 valence electrons. The van der Waals surface area contributed by atoms with Gasteiger partial charge in [-0.15, -0.1) is 11.3 Å². The Morgan fingerprint density at radius 3 is 2.38 bits per heavy atom. The molecule has 11 heteroatoms. The number of carbonyl (C=O) groups is 2. The van der Waals surface area contributed by atoms with Crippen LogP contribution >= 0.6 is 11.3 Å². The summed E-state index contributed by atoms with van der Waals surface area (Å²) in [6.45, 7) is 1.66. The van der Waals surface area contributed by atoms with Gasteiger partial charge in [0.2, 0.25) is 0 Å². The van der Waals surface area contributed by atoms with Crippen molar-refractivity contribution in [3.8, 4) is 5.75 Å². The first kappa shape index (κ1) is 24.9. The quantitative estimate of drug-likeness (QED) is 0.346. The molecule has 34 heavy (non-hydrogen) atoms. The summed E-state index contributed by atoms with van der Waals surface area (Å²) in [4.78, 5) is 25.8. The lowest BCUT2D eigenvalue weighted by Gasteiger charge is -2.12. The molecule has 0 aliphatic heterocycles. The zero-order valence-electron chi connectivity index (χ0n) is 18.8. The molecule has 0 spiro atoms. The Kier molecular flexibility index (Phi) is 8.03. The van der Waals surface area contributed by atoms with Crippen molar-refractivity contribution in [2.75, 3.05) is 25.4 Å². The molecule has 0 unspecified atom stereocenters. The van der Waals surface area contributed by atoms with E-state index in [1.54, 1.807) is 68.9 Å². The van der Waals surface area contributed by atoms with Crippen LogP contribution in [0.2, 0.25) is 0 Å². The number of sulfonamides is 1. The maximum Gasteiger partial charge on any atom is 0.273 e. The molecule has 1 heterocycles. The Hall–Kier alpha value is -3.70. The van der Waals surface area contributed by atoms with E-state index < -0.39 is 15.9 Å². The summed E-state index contributed by atoms with van der Waals surface area (Å²) >= 11 is 1.08. The SMILES string of the molecule is C/C(=N\NC(=O)c1ccccc1NS(=O)(=O)c1cccs1)c1ccc(OCC(=O)N(C)C)cc1. The van der Waals surface area contributed by atoms with Crippen LogP contribution in [0.3, 0.4) is 0 Å². The minimum atomic E-state index is -3.80. The lowest BCUT2D eigenvalue weighted by atomic mass is 10.1. The molecule has 0 radical (unpaired) electrons. The Morgan fingerprint density at radius 1 is 1.03 bits per heavy atom. The van der Waals surface area contributed by atoms with Gasteiger partial charge >= 0.3 is 0 Å². The van der Waals surface area contributed by atoms with Crippen LogP contribution in [0, 0.1) is 0 Å². The average molecular weight is 501 g/mol. The molecule has 0 saturated carbocycles. The van der Waals surface area contributed by atoms with E-state index in [-0.39, 0.29) is 28.0 Å². The highest BCUT2D eigenvalue weighted by molar-refractivity contribution is 7.94. The second-order valence-corrected chi connectivity index (χ2v) is 10.2. The minimum Gasteiger partial charge on any atom is -0.484 e. The molecule has 2 amide bonds. The van der Waals surface area contributed by atoms with Gasteiger partial charge in [0.1, 0.15) is 9.96 Å². The standard InChI is InChI=1S/C23H24N4O5S2/c1-16(17-10-12-18(13-11-17)32-15-21(28)27(2)3)24-25-23(29)19-7-4-5-8-20(19)26-34(30,31)22-9-6-14-33-22/h4-14,26H,15H2,1-3H3,(H,25,29)/b24-16+. The van der Waals surface area contributed by atoms with E-state index in [1.807, 2.05) is 0 Å². The van der Waals surface area contributed by atoms with Gasteiger partial charge in [-0.25, -0.2) is 13.8 Å². The number of nitrogens with one attached hydrogen (secondary N) is 2. The Morgan fingerprint density at radius 2 is 1.74 bits per heavy atom. The predicted molar refractivity (Wildman–Crippen MR) is 132 cm³/mol. The van der Waals surface area contributed by atoms with Gasteiger partial charge in [0.25, 0.3) is 21.8 Å². The van der Waals surface area contributed by atoms with E-state index in [4.69, 9.17) is 4.74 Å². The molecule has 0 aliphatic rings. The summed E-state index contributed by atoms with van der Waals surface area (Å²) < 4.78 is 33.1. The summed E-state index contributed by atoms with van der Waals surface area (Å²) in [6.07, 6.45) is 0. The smallest absolute Gasteiger partial charge is 0.273 e. The van der Waals surface area contributed by atoms with Crippen LogP contribution < -0.4 is 14.9 Å². The van der Waals surface area contributed by atoms with Crippen molar-refractivity contribution >= 4 is 44.6 Å². The summed E-state index contributed by atoms with van der Waals surface area (Å²) in [6, 6.07) is 16.3. The third kappa shape index (κ3) is 6.42. The molecule has 2 N–H and O–H groups in total. The van der Waals surface area contributed by atoms with Gasteiger partial charge < -0.3 is 9.64 Å². The number of para-hydroxylation sites is 1. The largest absolute Gasteiger partial charge is 0.484 e. The molecule has 1 aromatic heterocycles. The van der Waals surface area contributed by atoms with E-state index in [0.717, 1.165) is 16.9 Å². The van der Waals surface area contributed by atoms with Crippen LogP contribution in [-0.4, -0.2) is 51.5 Å². The molecular weight excluding hydrogens is 476 g/mol. The lowest BCUT2D eigenvalue weighted by Crippen LogP contribution is -2.27. The number of rotatable bonds is 9. The van der Waals surface area contributed by atoms with Gasteiger partial charge in [-0.05, 0) is 60.3 Å². The molecular formula is C23H24N4O5S2. The number of hydrogen-bond donors (Lipinski definition) is 2. The van der Waals surface area contributed by atoms with E-state index in [9.17, 15) is 18.0 Å². The summed E-state index contributed by atoms with van der Waals surface area (Å²) in [7, 11) is -0.497. The molecule has 9 nitrogen and oxygen atoms in total. The van der Waals surface area contributed by atoms with Gasteiger partial charge in [-0.2, -0.15) is 5.10 Å². The number of thiophene rings is 1. The van der Waals surface area contributed by atoms with Crippen LogP contribution in [0.1, 0.15) is 22.8 Å². The molecule has 0 saturated heterocycles. The normalized spacial score (nSPS) is 11.6. The Bertz CT molecular complexity index is 1290. The van der Waals surface area contributed by atoms with Crippen molar-refractivity contribution in [3.05, 3.63) is 77.2 Å². The van der Waals surface area contributed by atoms with Gasteiger partial charge in [-0.3, -0.25) is 14.3 Å². The van der Waals surface area contributed by atoms with Crippen molar-refractivity contribution < 1.29 is 22.7 Å². The summed E-state index contributed by atoms with van der Waals surface area (Å²) in [5, 5.41) is 5.79. The molecule has 2 aromatic carbocycles. The van der Waals surface area contributed by atoms with E-state index in [1.165, 1.54) is 23.1 Å². The highest BCUT2D eigenvalue weighted by Crippen LogP contribution is 2.23. The van der Waals surface area contributed by atoms with Crippen molar-refractivity contribution in [3.63, 3.8) is 0 Å². The van der Waals surface area contributed by atoms with Crippen molar-refractivity contribution in [2.24, 2.45) is 5.10 Å². The van der Waals surface area contributed by atoms with Crippen LogP contribution in [0.5, 0.6) is 5.75 Å². The first-order valence-electron chi connectivity index (χ1n) is 10.1. The lowest BCUT2D eigenvalue weighted by molar-refractivity contribution is -0.130. The molecule has 0 atom stereocenters. The second kappa shape index (κ2) is 10.9. The minimum absolute atomic E-state index is 0.0644. The number of hydrogen-bond acceptors (Lipinski definition) is 7. The average Bonchev–Trinajstić information content (AvgIpc) is 3.37. The summed E-state index contributed by atoms with van der Waals surface area (Å²) in [5.74, 6) is -0.184. The van der Waals surface area contributed by atoms with Gasteiger partial charge in [0.05, 0.1) is 17.0 Å². The Labute approximate surface area is 202 Å². The monoisotopic (exact) mass is 500 g/mol. The first-order chi connectivity index (χ1) is 16.2. The highest BCUT2D eigenvalue weighted by atomic mass is 32.2. The molecule has 0 fully saturated rings. The second-order valence-electron chi connectivity index (χ2n) is 7.32. The Balaban J connectivity index is 1.67. The topological polar surface area (TPSA) is 117 Å². The number of ether oxygens (including phenoxy) is 1. The maximum atomic E-state index is 12.7. The van der Waals surface area contributed by atoms with Gasteiger partial charge in [0, 0.05) is 14.1 Å². The number of carbonyl (C=O) groups excluding carboxylic acids is 2. The van der Waals surface area contributed by atoms with E-state index in [0.29, 0.717) is 11.5 Å². The van der Waals surface area contributed by atoms with E-state index in [2.05, 4.69) is 15.2 Å². The maximum absolute atomic E-state index is 12.7. The zero-order chi connectivity index (χ0) is 24.7. The number of likely N-dealkylation sites (N-methyl/N-ethyl adjacent to an activating group) is 1. The number of anilines is 1. The first-order valence-corrected chi connectivity index (χ1v) is 12.5. The highest BCUT2D eigenvalue weighted by Gasteiger charge is 2.19. The third-order valence-corrected chi connectivity index (χ3v) is 7.40. The van der Waals surface area contributed by atoms with Gasteiger partial charge in [-0.1, -0.05) is 18.2 Å². The fourth-order valence-corrected chi connectivity index (χ4v) is 4.78. The zero-order valence-corrected chi connectivity index (χ0v) is 20.4. The van der Waals surface area contributed by atoms with Crippen molar-refractivity contribution in [1.82, 2.24) is 10.3 Å². The summed E-state index contributed by atoms with van der Waals surface area (Å²) in [5.41, 5.74) is 4.00. The molecule has 3 rings (SSSR count). The molecule has 3 aromatic rings. The van der Waals surface area contributed by atoms with Crippen LogP contribution in [0.15, 0.2) is 75.4 Å². The fraction of sp³-hybridized carbons (Fsp3) is 0.174.